The van der Waals surface area contributed by atoms with Gasteiger partial charge in [0.25, 0.3) is 17.6 Å². The molecule has 0 atom stereocenters. The lowest BCUT2D eigenvalue weighted by Crippen LogP contribution is -2.46. The van der Waals surface area contributed by atoms with Crippen LogP contribution in [0.2, 0.25) is 0 Å². The molecule has 0 radical (unpaired) electrons. The van der Waals surface area contributed by atoms with Crippen molar-refractivity contribution in [2.75, 3.05) is 32.8 Å². The van der Waals surface area contributed by atoms with Crippen LogP contribution in [0.3, 0.4) is 0 Å². The van der Waals surface area contributed by atoms with Gasteiger partial charge in [-0.25, -0.2) is 0 Å². The number of nitrogens with zero attached hydrogens (tertiary/aromatic N) is 1. The van der Waals surface area contributed by atoms with Crippen molar-refractivity contribution in [2.45, 2.75) is 6.92 Å². The van der Waals surface area contributed by atoms with Gasteiger partial charge in [-0.1, -0.05) is 0 Å². The zero-order valence-corrected chi connectivity index (χ0v) is 14.1. The van der Waals surface area contributed by atoms with Crippen LogP contribution in [-0.4, -0.2) is 51.4 Å². The summed E-state index contributed by atoms with van der Waals surface area (Å²) in [4.78, 5) is 48.3. The fourth-order valence-corrected chi connectivity index (χ4v) is 2.41. The second-order valence-corrected chi connectivity index (χ2v) is 4.99. The number of fused-ring (bicyclic) bond motifs is 1. The first kappa shape index (κ1) is 18.0. The number of hydrogen-bond acceptors (Lipinski definition) is 7. The summed E-state index contributed by atoms with van der Waals surface area (Å²) >= 11 is 0. The molecular weight excluding hydrogens is 334 g/mol. The molecule has 0 spiro atoms. The van der Waals surface area contributed by atoms with Gasteiger partial charge < -0.3 is 14.2 Å². The fourth-order valence-electron chi connectivity index (χ4n) is 2.41. The highest BCUT2D eigenvalue weighted by Gasteiger charge is 2.42. The normalized spacial score (nSPS) is 12.6. The molecule has 10 nitrogen and oxygen atoms in total. The third kappa shape index (κ3) is 3.18. The lowest BCUT2D eigenvalue weighted by atomic mass is 10.1. The van der Waals surface area contributed by atoms with E-state index in [-0.39, 0.29) is 28.5 Å². The molecule has 0 aliphatic carbocycles. The molecule has 0 saturated carbocycles. The number of hydrazine groups is 1. The first-order valence-electron chi connectivity index (χ1n) is 7.10. The van der Waals surface area contributed by atoms with Crippen LogP contribution in [0.1, 0.15) is 17.3 Å². The van der Waals surface area contributed by atoms with Gasteiger partial charge >= 0.3 is 0 Å². The van der Waals surface area contributed by atoms with Crippen molar-refractivity contribution in [1.82, 2.24) is 10.9 Å². The zero-order chi connectivity index (χ0) is 18.7. The molecule has 10 heteroatoms. The Bertz CT molecular complexity index is 760. The van der Waals surface area contributed by atoms with Gasteiger partial charge in [0, 0.05) is 13.0 Å². The Balaban J connectivity index is 2.45. The lowest BCUT2D eigenvalue weighted by molar-refractivity contribution is -0.127. The monoisotopic (exact) mass is 351 g/mol. The molecule has 134 valence electrons. The van der Waals surface area contributed by atoms with Crippen molar-refractivity contribution in [2.24, 2.45) is 0 Å². The largest absolute Gasteiger partial charge is 0.493 e. The summed E-state index contributed by atoms with van der Waals surface area (Å²) in [7, 11) is 4.07. The summed E-state index contributed by atoms with van der Waals surface area (Å²) in [5, 5.41) is 0. The number of methoxy groups -OCH3 is 3. The molecular formula is C15H17N3O7. The first-order chi connectivity index (χ1) is 11.8. The van der Waals surface area contributed by atoms with Gasteiger partial charge in [-0.3, -0.25) is 34.9 Å². The summed E-state index contributed by atoms with van der Waals surface area (Å²) in [6.07, 6.45) is 0. The van der Waals surface area contributed by atoms with Gasteiger partial charge in [0.2, 0.25) is 11.7 Å². The smallest absolute Gasteiger partial charge is 0.300 e. The van der Waals surface area contributed by atoms with Crippen LogP contribution in [0.15, 0.2) is 6.07 Å². The Morgan fingerprint density at radius 3 is 2.20 bits per heavy atom. The van der Waals surface area contributed by atoms with Crippen molar-refractivity contribution in [3.63, 3.8) is 0 Å². The molecule has 0 bridgehead atoms. The molecule has 0 aromatic heterocycles. The Morgan fingerprint density at radius 1 is 1.04 bits per heavy atom. The molecule has 0 fully saturated rings. The van der Waals surface area contributed by atoms with Crippen molar-refractivity contribution in [3.8, 4) is 17.2 Å². The van der Waals surface area contributed by atoms with Crippen LogP contribution in [0.4, 0.5) is 5.69 Å². The highest BCUT2D eigenvalue weighted by atomic mass is 16.5. The maximum absolute atomic E-state index is 12.3. The maximum atomic E-state index is 12.3. The second-order valence-electron chi connectivity index (χ2n) is 4.99. The quantitative estimate of drug-likeness (QED) is 0.537. The maximum Gasteiger partial charge on any atom is 0.300 e. The van der Waals surface area contributed by atoms with E-state index < -0.39 is 30.0 Å². The van der Waals surface area contributed by atoms with Gasteiger partial charge in [-0.05, 0) is 0 Å². The highest BCUT2D eigenvalue weighted by molar-refractivity contribution is 6.53. The van der Waals surface area contributed by atoms with E-state index >= 15 is 0 Å². The third-order valence-electron chi connectivity index (χ3n) is 3.45. The lowest BCUT2D eigenvalue weighted by Gasteiger charge is -2.19. The number of nitrogens with one attached hydrogen (secondary N) is 2. The predicted molar refractivity (Wildman–Crippen MR) is 84.7 cm³/mol. The van der Waals surface area contributed by atoms with Crippen molar-refractivity contribution in [1.29, 1.82) is 0 Å². The molecule has 25 heavy (non-hydrogen) atoms. The fraction of sp³-hybridized carbons (Fsp3) is 0.333. The van der Waals surface area contributed by atoms with Gasteiger partial charge in [0.1, 0.15) is 6.54 Å². The molecule has 2 rings (SSSR count). The van der Waals surface area contributed by atoms with E-state index in [0.29, 0.717) is 0 Å². The number of ether oxygens (including phenoxy) is 3. The minimum absolute atomic E-state index is 0.0162. The highest BCUT2D eigenvalue weighted by Crippen LogP contribution is 2.47. The third-order valence-corrected chi connectivity index (χ3v) is 3.45. The van der Waals surface area contributed by atoms with Crippen LogP contribution in [0.25, 0.3) is 0 Å². The summed E-state index contributed by atoms with van der Waals surface area (Å²) < 4.78 is 15.6. The predicted octanol–water partition coefficient (Wildman–Crippen LogP) is -0.591. The summed E-state index contributed by atoms with van der Waals surface area (Å²) in [6, 6.07) is 1.41. The number of rotatable bonds is 5. The Hall–Kier alpha value is -3.30. The minimum atomic E-state index is -0.901. The molecule has 1 aromatic rings. The summed E-state index contributed by atoms with van der Waals surface area (Å²) in [6.45, 7) is 0.735. The SMILES string of the molecule is COc1cc2c(c(OC)c1OC)C(=O)C(=O)N2CC(=O)NNC(C)=O. The number of ketones is 1. The van der Waals surface area contributed by atoms with Crippen LogP contribution >= 0.6 is 0 Å². The number of carbonyl (C=O) groups is 4. The van der Waals surface area contributed by atoms with E-state index in [4.69, 9.17) is 14.2 Å². The van der Waals surface area contributed by atoms with Gasteiger partial charge in [0.15, 0.2) is 11.5 Å². The van der Waals surface area contributed by atoms with Crippen LogP contribution in [-0.2, 0) is 14.4 Å². The van der Waals surface area contributed by atoms with E-state index in [1.807, 2.05) is 0 Å². The zero-order valence-electron chi connectivity index (χ0n) is 14.1. The average molecular weight is 351 g/mol. The number of amides is 3. The Kier molecular flexibility index (Phi) is 5.11. The van der Waals surface area contributed by atoms with Crippen molar-refractivity contribution < 1.29 is 33.4 Å². The molecule has 2 N–H and O–H groups in total. The van der Waals surface area contributed by atoms with E-state index in [9.17, 15) is 19.2 Å². The Morgan fingerprint density at radius 2 is 1.68 bits per heavy atom. The van der Waals surface area contributed by atoms with Crippen LogP contribution < -0.4 is 30.0 Å². The molecule has 1 aliphatic rings. The molecule has 0 unspecified atom stereocenters. The summed E-state index contributed by atoms with van der Waals surface area (Å²) in [5.74, 6) is -2.47. The van der Waals surface area contributed by atoms with Gasteiger partial charge in [0.05, 0.1) is 32.6 Å². The number of Topliss-reactive ketones (excluding diaryl/α,β-unsaturated/α-hetero) is 1. The topological polar surface area (TPSA) is 123 Å². The number of carbonyl (C=O) groups excluding carboxylic acids is 4. The average Bonchev–Trinajstić information content (AvgIpc) is 2.82. The van der Waals surface area contributed by atoms with Gasteiger partial charge in [-0.2, -0.15) is 0 Å². The van der Waals surface area contributed by atoms with Crippen molar-refractivity contribution >= 4 is 29.2 Å². The molecule has 0 saturated heterocycles. The standard InChI is InChI=1S/C15H17N3O7/c1-7(19)16-17-10(20)6-18-8-5-9(23-2)13(24-3)14(25-4)11(8)12(21)15(18)22/h5H,6H2,1-4H3,(H,16,19)(H,17,20). The minimum Gasteiger partial charge on any atom is -0.493 e. The molecule has 1 aromatic carbocycles. The van der Waals surface area contributed by atoms with Gasteiger partial charge in [-0.15, -0.1) is 0 Å². The Labute approximate surface area is 143 Å². The summed E-state index contributed by atoms with van der Waals surface area (Å²) in [5.41, 5.74) is 4.36. The van der Waals surface area contributed by atoms with Crippen molar-refractivity contribution in [3.05, 3.63) is 11.6 Å². The van der Waals surface area contributed by atoms with Crippen LogP contribution in [0.5, 0.6) is 17.2 Å². The van der Waals surface area contributed by atoms with E-state index in [1.165, 1.54) is 34.3 Å². The second kappa shape index (κ2) is 7.07. The number of anilines is 1. The number of hydrogen-bond donors (Lipinski definition) is 2. The van der Waals surface area contributed by atoms with E-state index in [2.05, 4.69) is 10.9 Å². The first-order valence-corrected chi connectivity index (χ1v) is 7.10. The molecule has 1 aliphatic heterocycles. The molecule has 1 heterocycles. The van der Waals surface area contributed by atoms with E-state index in [1.54, 1.807) is 0 Å². The number of benzene rings is 1. The van der Waals surface area contributed by atoms with E-state index in [0.717, 1.165) is 4.90 Å². The van der Waals surface area contributed by atoms with Crippen LogP contribution in [0, 0.1) is 0 Å². The molecule has 3 amide bonds.